The Morgan fingerprint density at radius 2 is 2.14 bits per heavy atom. The molecule has 0 aliphatic carbocycles. The van der Waals surface area contributed by atoms with Gasteiger partial charge in [-0.05, 0) is 42.8 Å². The van der Waals surface area contributed by atoms with Gasteiger partial charge in [-0.3, -0.25) is 9.36 Å². The molecule has 1 aromatic heterocycles. The van der Waals surface area contributed by atoms with Gasteiger partial charge in [0.1, 0.15) is 6.33 Å². The normalized spacial score (nSPS) is 12.3. The van der Waals surface area contributed by atoms with Crippen molar-refractivity contribution in [1.82, 2.24) is 14.9 Å². The first-order valence-electron chi connectivity index (χ1n) is 6.61. The fraction of sp³-hybridized carbons (Fsp3) is 0.125. The van der Waals surface area contributed by atoms with Gasteiger partial charge in [0.05, 0.1) is 17.1 Å². The van der Waals surface area contributed by atoms with E-state index in [0.717, 1.165) is 33.2 Å². The zero-order valence-electron chi connectivity index (χ0n) is 11.5. The topological polar surface area (TPSA) is 46.9 Å². The highest BCUT2D eigenvalue weighted by Crippen LogP contribution is 2.23. The lowest BCUT2D eigenvalue weighted by Crippen LogP contribution is -2.15. The van der Waals surface area contributed by atoms with Crippen molar-refractivity contribution in [2.45, 2.75) is 13.0 Å². The van der Waals surface area contributed by atoms with E-state index in [0.29, 0.717) is 0 Å². The van der Waals surface area contributed by atoms with Crippen LogP contribution in [0.25, 0.3) is 16.7 Å². The van der Waals surface area contributed by atoms with Crippen molar-refractivity contribution in [3.05, 3.63) is 58.8 Å². The summed E-state index contributed by atoms with van der Waals surface area (Å²) >= 11 is 3.48. The maximum absolute atomic E-state index is 10.5. The molecule has 0 aliphatic heterocycles. The number of carbonyl (C=O) groups excluding carboxylic acids is 1. The molecule has 0 fully saturated rings. The molecular weight excluding hydrogens is 330 g/mol. The molecule has 0 radical (unpaired) electrons. The third-order valence-corrected chi connectivity index (χ3v) is 3.97. The van der Waals surface area contributed by atoms with Crippen LogP contribution in [0, 0.1) is 0 Å². The first-order chi connectivity index (χ1) is 10.2. The molecule has 1 amide bonds. The molecular formula is C16H14BrN3O. The zero-order valence-corrected chi connectivity index (χ0v) is 13.0. The summed E-state index contributed by atoms with van der Waals surface area (Å²) < 4.78 is 3.07. The molecule has 0 saturated heterocycles. The maximum Gasteiger partial charge on any atom is 0.207 e. The van der Waals surface area contributed by atoms with Gasteiger partial charge in [-0.15, -0.1) is 0 Å². The van der Waals surface area contributed by atoms with Crippen molar-refractivity contribution >= 4 is 33.4 Å². The predicted molar refractivity (Wildman–Crippen MR) is 86.4 cm³/mol. The Kier molecular flexibility index (Phi) is 3.75. The van der Waals surface area contributed by atoms with Gasteiger partial charge in [-0.25, -0.2) is 4.98 Å². The van der Waals surface area contributed by atoms with Crippen molar-refractivity contribution in [2.24, 2.45) is 0 Å². The Morgan fingerprint density at radius 1 is 1.29 bits per heavy atom. The molecule has 3 aromatic rings. The van der Waals surface area contributed by atoms with Crippen LogP contribution >= 0.6 is 15.9 Å². The number of aromatic nitrogens is 2. The molecule has 0 bridgehead atoms. The summed E-state index contributed by atoms with van der Waals surface area (Å²) in [7, 11) is 0. The third kappa shape index (κ3) is 2.69. The van der Waals surface area contributed by atoms with Crippen molar-refractivity contribution < 1.29 is 4.79 Å². The van der Waals surface area contributed by atoms with Gasteiger partial charge in [-0.2, -0.15) is 0 Å². The number of nitrogens with one attached hydrogen (secondary N) is 1. The van der Waals surface area contributed by atoms with Gasteiger partial charge in [0, 0.05) is 10.2 Å². The second-order valence-electron chi connectivity index (χ2n) is 4.85. The molecule has 4 nitrogen and oxygen atoms in total. The van der Waals surface area contributed by atoms with E-state index < -0.39 is 0 Å². The standard InChI is InChI=1S/C16H14BrN3O/c1-11(19-10-21)12-5-6-16-15(7-12)18-9-20(16)14-4-2-3-13(17)8-14/h2-11H,1H3,(H,19,21). The SMILES string of the molecule is CC(NC=O)c1ccc2c(c1)ncn2-c1cccc(Br)c1. The Hall–Kier alpha value is -2.14. The van der Waals surface area contributed by atoms with E-state index in [-0.39, 0.29) is 6.04 Å². The first-order valence-corrected chi connectivity index (χ1v) is 7.41. The minimum atomic E-state index is -0.0251. The molecule has 1 heterocycles. The van der Waals surface area contributed by atoms with Crippen molar-refractivity contribution in [2.75, 3.05) is 0 Å². The van der Waals surface area contributed by atoms with Crippen LogP contribution < -0.4 is 5.32 Å². The molecule has 0 saturated carbocycles. The number of imidazole rings is 1. The average Bonchev–Trinajstić information content (AvgIpc) is 2.90. The lowest BCUT2D eigenvalue weighted by Gasteiger charge is -2.10. The number of nitrogens with zero attached hydrogens (tertiary/aromatic N) is 2. The Morgan fingerprint density at radius 3 is 2.90 bits per heavy atom. The van der Waals surface area contributed by atoms with E-state index in [1.54, 1.807) is 0 Å². The van der Waals surface area contributed by atoms with E-state index >= 15 is 0 Å². The average molecular weight is 344 g/mol. The van der Waals surface area contributed by atoms with Crippen LogP contribution in [0.5, 0.6) is 0 Å². The molecule has 1 N–H and O–H groups in total. The summed E-state index contributed by atoms with van der Waals surface area (Å²) in [5.41, 5.74) is 4.04. The van der Waals surface area contributed by atoms with Gasteiger partial charge >= 0.3 is 0 Å². The van der Waals surface area contributed by atoms with E-state index in [9.17, 15) is 4.79 Å². The number of fused-ring (bicyclic) bond motifs is 1. The van der Waals surface area contributed by atoms with Gasteiger partial charge < -0.3 is 5.32 Å². The van der Waals surface area contributed by atoms with Gasteiger partial charge in [0.15, 0.2) is 0 Å². The Labute approximate surface area is 130 Å². The molecule has 2 aromatic carbocycles. The number of hydrogen-bond acceptors (Lipinski definition) is 2. The van der Waals surface area contributed by atoms with Crippen LogP contribution in [0.3, 0.4) is 0 Å². The van der Waals surface area contributed by atoms with Crippen LogP contribution in [0.1, 0.15) is 18.5 Å². The third-order valence-electron chi connectivity index (χ3n) is 3.48. The van der Waals surface area contributed by atoms with E-state index in [2.05, 4.69) is 26.2 Å². The highest BCUT2D eigenvalue weighted by molar-refractivity contribution is 9.10. The van der Waals surface area contributed by atoms with E-state index in [1.807, 2.05) is 60.3 Å². The number of amides is 1. The summed E-state index contributed by atoms with van der Waals surface area (Å²) in [5, 5.41) is 2.75. The Balaban J connectivity index is 2.05. The molecule has 21 heavy (non-hydrogen) atoms. The van der Waals surface area contributed by atoms with Crippen LogP contribution in [-0.2, 0) is 4.79 Å². The Bertz CT molecular complexity index is 797. The predicted octanol–water partition coefficient (Wildman–Crippen LogP) is 3.60. The highest BCUT2D eigenvalue weighted by Gasteiger charge is 2.09. The van der Waals surface area contributed by atoms with Crippen LogP contribution in [0.4, 0.5) is 0 Å². The summed E-state index contributed by atoms with van der Waals surface area (Å²) in [4.78, 5) is 15.0. The summed E-state index contributed by atoms with van der Waals surface area (Å²) in [5.74, 6) is 0. The summed E-state index contributed by atoms with van der Waals surface area (Å²) in [6.07, 6.45) is 2.53. The molecule has 1 unspecified atom stereocenters. The highest BCUT2D eigenvalue weighted by atomic mass is 79.9. The van der Waals surface area contributed by atoms with Crippen LogP contribution in [0.15, 0.2) is 53.3 Å². The summed E-state index contributed by atoms with van der Waals surface area (Å²) in [6.45, 7) is 1.95. The molecule has 106 valence electrons. The van der Waals surface area contributed by atoms with Gasteiger partial charge in [-0.1, -0.05) is 28.1 Å². The summed E-state index contributed by atoms with van der Waals surface area (Å²) in [6, 6.07) is 14.1. The molecule has 0 spiro atoms. The van der Waals surface area contributed by atoms with Crippen molar-refractivity contribution in [1.29, 1.82) is 0 Å². The van der Waals surface area contributed by atoms with E-state index in [4.69, 9.17) is 0 Å². The number of benzene rings is 2. The minimum Gasteiger partial charge on any atom is -0.352 e. The fourth-order valence-electron chi connectivity index (χ4n) is 2.33. The maximum atomic E-state index is 10.5. The van der Waals surface area contributed by atoms with E-state index in [1.165, 1.54) is 0 Å². The first kappa shape index (κ1) is 13.8. The monoisotopic (exact) mass is 343 g/mol. The zero-order chi connectivity index (χ0) is 14.8. The number of carbonyl (C=O) groups is 1. The molecule has 1 atom stereocenters. The van der Waals surface area contributed by atoms with Crippen molar-refractivity contribution in [3.8, 4) is 5.69 Å². The van der Waals surface area contributed by atoms with Crippen LogP contribution in [0.2, 0.25) is 0 Å². The number of rotatable bonds is 4. The van der Waals surface area contributed by atoms with Crippen molar-refractivity contribution in [3.63, 3.8) is 0 Å². The van der Waals surface area contributed by atoms with Gasteiger partial charge in [0.25, 0.3) is 0 Å². The number of halogens is 1. The van der Waals surface area contributed by atoms with Crippen LogP contribution in [-0.4, -0.2) is 16.0 Å². The lowest BCUT2D eigenvalue weighted by molar-refractivity contribution is -0.110. The van der Waals surface area contributed by atoms with Gasteiger partial charge in [0.2, 0.25) is 6.41 Å². The molecule has 0 aliphatic rings. The largest absolute Gasteiger partial charge is 0.352 e. The lowest BCUT2D eigenvalue weighted by atomic mass is 10.1. The number of hydrogen-bond donors (Lipinski definition) is 1. The second kappa shape index (κ2) is 5.69. The smallest absolute Gasteiger partial charge is 0.207 e. The second-order valence-corrected chi connectivity index (χ2v) is 5.76. The minimum absolute atomic E-state index is 0.0251. The molecule has 5 heteroatoms. The fourth-order valence-corrected chi connectivity index (χ4v) is 2.72. The quantitative estimate of drug-likeness (QED) is 0.735. The molecule has 3 rings (SSSR count).